The van der Waals surface area contributed by atoms with Gasteiger partial charge in [0.25, 0.3) is 20.0 Å². The molecular weight excluding hydrogens is 560 g/mol. The largest absolute Gasteiger partial charge is 0.300 e. The van der Waals surface area contributed by atoms with Crippen LogP contribution in [0.25, 0.3) is 0 Å². The van der Waals surface area contributed by atoms with Gasteiger partial charge < -0.3 is 0 Å². The Bertz CT molecular complexity index is 1370. The molecule has 0 radical (unpaired) electrons. The molecule has 228 valence electrons. The minimum absolute atomic E-state index is 0.176. The summed E-state index contributed by atoms with van der Waals surface area (Å²) in [5, 5.41) is 4.10. The minimum Gasteiger partial charge on any atom is -0.300 e. The normalized spacial score (nSPS) is 18.2. The first-order valence-electron chi connectivity index (χ1n) is 13.9. The number of hydrazine groups is 1. The molecule has 9 nitrogen and oxygen atoms in total. The molecule has 11 heteroatoms. The SMILES string of the molecule is CC1(C)CCC(=O)CC1.Cc1ccc(S(=O)(=O)NN)cc1.Cc1ccc(S(=O)(=O)NN=C2CCC(C)(C)CC2)cc1. The zero-order valence-corrected chi connectivity index (χ0v) is 26.8. The van der Waals surface area contributed by atoms with Crippen molar-refractivity contribution >= 4 is 31.5 Å². The van der Waals surface area contributed by atoms with E-state index in [2.05, 4.69) is 37.6 Å². The van der Waals surface area contributed by atoms with Gasteiger partial charge in [-0.2, -0.15) is 18.4 Å². The molecular formula is C30H46N4O5S2. The molecule has 0 spiro atoms. The Morgan fingerprint density at radius 2 is 1.02 bits per heavy atom. The topological polar surface area (TPSA) is 148 Å². The summed E-state index contributed by atoms with van der Waals surface area (Å²) >= 11 is 0. The lowest BCUT2D eigenvalue weighted by Crippen LogP contribution is -2.30. The summed E-state index contributed by atoms with van der Waals surface area (Å²) in [5.41, 5.74) is 3.76. The van der Waals surface area contributed by atoms with Crippen molar-refractivity contribution < 1.29 is 21.6 Å². The Morgan fingerprint density at radius 1 is 0.659 bits per heavy atom. The maximum absolute atomic E-state index is 12.1. The van der Waals surface area contributed by atoms with Crippen molar-refractivity contribution in [3.63, 3.8) is 0 Å². The van der Waals surface area contributed by atoms with E-state index < -0.39 is 20.0 Å². The van der Waals surface area contributed by atoms with Crippen LogP contribution in [-0.4, -0.2) is 28.3 Å². The van der Waals surface area contributed by atoms with Crippen LogP contribution in [0.2, 0.25) is 0 Å². The van der Waals surface area contributed by atoms with Gasteiger partial charge >= 0.3 is 0 Å². The average Bonchev–Trinajstić information content (AvgIpc) is 2.91. The maximum atomic E-state index is 12.1. The molecule has 2 aromatic carbocycles. The van der Waals surface area contributed by atoms with E-state index in [-0.39, 0.29) is 9.79 Å². The standard InChI is InChI=1S/C15H22N2O2S.C8H14O.C7H10N2O2S/c1-12-4-6-14(7-5-12)20(18,19)17-16-13-8-10-15(2,3)11-9-13;1-8(2)5-3-7(9)4-6-8;1-6-2-4-7(5-3-6)12(10,11)9-8/h4-7,17H,8-11H2,1-3H3;3-6H2,1-2H3;2-5,9H,8H2,1H3. The first-order chi connectivity index (χ1) is 18.9. The molecule has 2 aromatic rings. The van der Waals surface area contributed by atoms with Crippen LogP contribution in [0.1, 0.15) is 90.2 Å². The van der Waals surface area contributed by atoms with Gasteiger partial charge in [0.1, 0.15) is 5.78 Å². The summed E-state index contributed by atoms with van der Waals surface area (Å²) in [7, 11) is -7.03. The third-order valence-electron chi connectivity index (χ3n) is 7.48. The van der Waals surface area contributed by atoms with Gasteiger partial charge in [0.05, 0.1) is 9.79 Å². The smallest absolute Gasteiger partial charge is 0.276 e. The predicted molar refractivity (Wildman–Crippen MR) is 164 cm³/mol. The second-order valence-corrected chi connectivity index (χ2v) is 15.8. The fraction of sp³-hybridized carbons (Fsp3) is 0.533. The molecule has 0 aromatic heterocycles. The second-order valence-electron chi connectivity index (χ2n) is 12.4. The van der Waals surface area contributed by atoms with Crippen molar-refractivity contribution in [3.8, 4) is 0 Å². The van der Waals surface area contributed by atoms with Crippen molar-refractivity contribution in [2.75, 3.05) is 0 Å². The van der Waals surface area contributed by atoms with Gasteiger partial charge in [0.15, 0.2) is 0 Å². The highest BCUT2D eigenvalue weighted by Gasteiger charge is 2.25. The van der Waals surface area contributed by atoms with E-state index in [1.807, 2.05) is 13.8 Å². The Labute approximate surface area is 246 Å². The summed E-state index contributed by atoms with van der Waals surface area (Å²) in [6.45, 7) is 12.7. The minimum atomic E-state index is -3.54. The van der Waals surface area contributed by atoms with E-state index in [1.165, 1.54) is 12.1 Å². The highest BCUT2D eigenvalue weighted by atomic mass is 32.2. The third-order valence-corrected chi connectivity index (χ3v) is 9.91. The van der Waals surface area contributed by atoms with Crippen LogP contribution in [0.15, 0.2) is 63.4 Å². The summed E-state index contributed by atoms with van der Waals surface area (Å²) < 4.78 is 46.3. The van der Waals surface area contributed by atoms with Gasteiger partial charge in [-0.25, -0.2) is 13.2 Å². The number of Topliss-reactive ketones (excluding diaryl/α,β-unsaturated/α-hetero) is 1. The molecule has 0 unspecified atom stereocenters. The number of hydrazone groups is 1. The Kier molecular flexibility index (Phi) is 12.3. The van der Waals surface area contributed by atoms with E-state index in [0.717, 1.165) is 68.2 Å². The molecule has 0 heterocycles. The van der Waals surface area contributed by atoms with E-state index in [0.29, 0.717) is 16.6 Å². The number of benzene rings is 2. The van der Waals surface area contributed by atoms with Gasteiger partial charge in [-0.05, 0) is 87.5 Å². The van der Waals surface area contributed by atoms with Crippen LogP contribution in [0.4, 0.5) is 0 Å². The van der Waals surface area contributed by atoms with Gasteiger partial charge in [0, 0.05) is 18.6 Å². The highest BCUT2D eigenvalue weighted by Crippen LogP contribution is 2.34. The number of hydrogen-bond donors (Lipinski definition) is 3. The number of rotatable bonds is 5. The van der Waals surface area contributed by atoms with Crippen LogP contribution < -0.4 is 15.5 Å². The fourth-order valence-electron chi connectivity index (χ4n) is 4.21. The van der Waals surface area contributed by atoms with Crippen LogP contribution in [0.3, 0.4) is 0 Å². The molecule has 2 fully saturated rings. The Hall–Kier alpha value is -2.60. The number of carbonyl (C=O) groups is 1. The number of ketones is 1. The summed E-state index contributed by atoms with van der Waals surface area (Å²) in [6.07, 6.45) is 7.64. The van der Waals surface area contributed by atoms with E-state index >= 15 is 0 Å². The molecule has 2 aliphatic rings. The molecule has 2 saturated carbocycles. The Morgan fingerprint density at radius 3 is 1.39 bits per heavy atom. The molecule has 0 bridgehead atoms. The number of carbonyl (C=O) groups excluding carboxylic acids is 1. The van der Waals surface area contributed by atoms with Gasteiger partial charge in [-0.1, -0.05) is 63.1 Å². The third kappa shape index (κ3) is 12.0. The number of nitrogens with one attached hydrogen (secondary N) is 2. The van der Waals surface area contributed by atoms with Crippen molar-refractivity contribution in [1.82, 2.24) is 9.66 Å². The fourth-order valence-corrected chi connectivity index (χ4v) is 5.69. The predicted octanol–water partition coefficient (Wildman–Crippen LogP) is 5.53. The van der Waals surface area contributed by atoms with E-state index in [4.69, 9.17) is 5.84 Å². The molecule has 0 amide bonds. The number of sulfonamides is 2. The van der Waals surface area contributed by atoms with Gasteiger partial charge in [0.2, 0.25) is 0 Å². The number of aryl methyl sites for hydroxylation is 2. The van der Waals surface area contributed by atoms with Gasteiger partial charge in [-0.3, -0.25) is 10.6 Å². The lowest BCUT2D eigenvalue weighted by molar-refractivity contribution is -0.121. The van der Waals surface area contributed by atoms with Crippen LogP contribution >= 0.6 is 0 Å². The van der Waals surface area contributed by atoms with Crippen molar-refractivity contribution in [2.24, 2.45) is 21.8 Å². The molecule has 0 atom stereocenters. The average molecular weight is 607 g/mol. The second kappa shape index (κ2) is 14.5. The quantitative estimate of drug-likeness (QED) is 0.301. The number of nitrogens with zero attached hydrogens (tertiary/aromatic N) is 1. The highest BCUT2D eigenvalue weighted by molar-refractivity contribution is 7.89. The zero-order chi connectivity index (χ0) is 30.9. The lowest BCUT2D eigenvalue weighted by atomic mass is 9.77. The van der Waals surface area contributed by atoms with Crippen molar-refractivity contribution in [1.29, 1.82) is 0 Å². The van der Waals surface area contributed by atoms with Crippen LogP contribution in [0, 0.1) is 24.7 Å². The summed E-state index contributed by atoms with van der Waals surface area (Å²) in [4.78, 5) is 15.3. The molecule has 2 aliphatic carbocycles. The monoisotopic (exact) mass is 606 g/mol. The molecule has 0 saturated heterocycles. The molecule has 41 heavy (non-hydrogen) atoms. The van der Waals surface area contributed by atoms with Gasteiger partial charge in [-0.15, -0.1) is 0 Å². The first-order valence-corrected chi connectivity index (χ1v) is 16.9. The van der Waals surface area contributed by atoms with Crippen LogP contribution in [0.5, 0.6) is 0 Å². The molecule has 4 rings (SSSR count). The maximum Gasteiger partial charge on any atom is 0.276 e. The van der Waals surface area contributed by atoms with E-state index in [9.17, 15) is 21.6 Å². The summed E-state index contributed by atoms with van der Waals surface area (Å²) in [5.74, 6) is 5.29. The first kappa shape index (κ1) is 34.6. The van der Waals surface area contributed by atoms with Crippen molar-refractivity contribution in [2.45, 2.75) is 103 Å². The number of hydrogen-bond acceptors (Lipinski definition) is 7. The Balaban J connectivity index is 0.000000237. The molecule has 4 N–H and O–H groups in total. The van der Waals surface area contributed by atoms with Crippen LogP contribution in [-0.2, 0) is 24.8 Å². The lowest BCUT2D eigenvalue weighted by Gasteiger charge is -2.29. The van der Waals surface area contributed by atoms with Crippen molar-refractivity contribution in [3.05, 3.63) is 59.7 Å². The van der Waals surface area contributed by atoms with E-state index in [1.54, 1.807) is 41.2 Å². The molecule has 0 aliphatic heterocycles. The zero-order valence-electron chi connectivity index (χ0n) is 25.2. The summed E-state index contributed by atoms with van der Waals surface area (Å²) in [6, 6.07) is 13.2. The number of nitrogens with two attached hydrogens (primary N) is 1.